The summed E-state index contributed by atoms with van der Waals surface area (Å²) in [5.41, 5.74) is 3.37. The summed E-state index contributed by atoms with van der Waals surface area (Å²) in [6.45, 7) is 6.46. The van der Waals surface area contributed by atoms with Crippen molar-refractivity contribution in [3.63, 3.8) is 0 Å². The Kier molecular flexibility index (Phi) is 5.30. The van der Waals surface area contributed by atoms with Crippen molar-refractivity contribution in [1.82, 2.24) is 19.7 Å². The van der Waals surface area contributed by atoms with Gasteiger partial charge >= 0.3 is 0 Å². The molecule has 0 radical (unpaired) electrons. The van der Waals surface area contributed by atoms with E-state index in [1.54, 1.807) is 11.8 Å². The lowest BCUT2D eigenvalue weighted by Crippen LogP contribution is -2.02. The molecule has 2 aromatic heterocycles. The Morgan fingerprint density at radius 2 is 1.68 bits per heavy atom. The SMILES string of the molecule is CC(C)c1ccccc1-n1ccnc1S[C@H](C)c1nnc(-c2ccccc2)o1. The van der Waals surface area contributed by atoms with Gasteiger partial charge in [0, 0.05) is 18.0 Å². The first kappa shape index (κ1) is 18.5. The van der Waals surface area contributed by atoms with Crippen LogP contribution < -0.4 is 0 Å². The average molecular weight is 391 g/mol. The van der Waals surface area contributed by atoms with E-state index in [1.165, 1.54) is 5.56 Å². The van der Waals surface area contributed by atoms with Crippen molar-refractivity contribution in [3.05, 3.63) is 78.4 Å². The maximum absolute atomic E-state index is 5.91. The van der Waals surface area contributed by atoms with Crippen LogP contribution in [0.5, 0.6) is 0 Å². The number of thioether (sulfide) groups is 1. The summed E-state index contributed by atoms with van der Waals surface area (Å²) in [6.07, 6.45) is 3.83. The Balaban J connectivity index is 1.58. The maximum atomic E-state index is 5.91. The van der Waals surface area contributed by atoms with E-state index < -0.39 is 0 Å². The molecule has 5 nitrogen and oxygen atoms in total. The fourth-order valence-corrected chi connectivity index (χ4v) is 3.97. The maximum Gasteiger partial charge on any atom is 0.247 e. The molecule has 0 saturated heterocycles. The van der Waals surface area contributed by atoms with E-state index in [-0.39, 0.29) is 5.25 Å². The summed E-state index contributed by atoms with van der Waals surface area (Å²) < 4.78 is 8.04. The molecule has 4 aromatic rings. The molecular weight excluding hydrogens is 368 g/mol. The predicted octanol–water partition coefficient (Wildman–Crippen LogP) is 5.90. The Hall–Kier alpha value is -2.86. The van der Waals surface area contributed by atoms with E-state index in [4.69, 9.17) is 4.42 Å². The largest absolute Gasteiger partial charge is 0.419 e. The second-order valence-corrected chi connectivity index (χ2v) is 8.17. The van der Waals surface area contributed by atoms with Gasteiger partial charge in [0.1, 0.15) is 0 Å². The number of hydrogen-bond acceptors (Lipinski definition) is 5. The van der Waals surface area contributed by atoms with Crippen LogP contribution in [0.1, 0.15) is 43.4 Å². The van der Waals surface area contributed by atoms with E-state index in [9.17, 15) is 0 Å². The average Bonchev–Trinajstić information content (AvgIpc) is 3.38. The number of benzene rings is 2. The van der Waals surface area contributed by atoms with E-state index in [2.05, 4.69) is 64.8 Å². The zero-order valence-electron chi connectivity index (χ0n) is 16.1. The predicted molar refractivity (Wildman–Crippen MR) is 112 cm³/mol. The number of aromatic nitrogens is 4. The van der Waals surface area contributed by atoms with Gasteiger partial charge in [0.15, 0.2) is 5.16 Å². The number of nitrogens with zero attached hydrogens (tertiary/aromatic N) is 4. The van der Waals surface area contributed by atoms with Gasteiger partial charge in [-0.15, -0.1) is 10.2 Å². The summed E-state index contributed by atoms with van der Waals surface area (Å²) in [5.74, 6) is 1.56. The molecule has 0 saturated carbocycles. The Bertz CT molecular complexity index is 1060. The van der Waals surface area contributed by atoms with Gasteiger partial charge in [-0.2, -0.15) is 0 Å². The minimum Gasteiger partial charge on any atom is -0.419 e. The molecule has 0 aliphatic carbocycles. The lowest BCUT2D eigenvalue weighted by Gasteiger charge is -2.16. The molecule has 142 valence electrons. The van der Waals surface area contributed by atoms with Crippen molar-refractivity contribution in [1.29, 1.82) is 0 Å². The van der Waals surface area contributed by atoms with Crippen molar-refractivity contribution in [3.8, 4) is 17.1 Å². The van der Waals surface area contributed by atoms with E-state index in [1.807, 2.05) is 42.7 Å². The summed E-state index contributed by atoms with van der Waals surface area (Å²) in [7, 11) is 0. The molecule has 0 aliphatic rings. The monoisotopic (exact) mass is 390 g/mol. The molecule has 0 spiro atoms. The van der Waals surface area contributed by atoms with Gasteiger partial charge in [0.25, 0.3) is 0 Å². The van der Waals surface area contributed by atoms with Gasteiger partial charge in [0.05, 0.1) is 10.9 Å². The van der Waals surface area contributed by atoms with Crippen LogP contribution in [0.15, 0.2) is 76.6 Å². The molecule has 0 fully saturated rings. The Labute approximate surface area is 168 Å². The molecule has 1 atom stereocenters. The second-order valence-electron chi connectivity index (χ2n) is 6.86. The van der Waals surface area contributed by atoms with Crippen molar-refractivity contribution in [2.45, 2.75) is 37.1 Å². The van der Waals surface area contributed by atoms with Crippen LogP contribution in [0.25, 0.3) is 17.1 Å². The molecule has 0 amide bonds. The van der Waals surface area contributed by atoms with Crippen molar-refractivity contribution in [2.75, 3.05) is 0 Å². The van der Waals surface area contributed by atoms with Crippen molar-refractivity contribution >= 4 is 11.8 Å². The third-order valence-electron chi connectivity index (χ3n) is 4.52. The van der Waals surface area contributed by atoms with E-state index >= 15 is 0 Å². The fraction of sp³-hybridized carbons (Fsp3) is 0.227. The van der Waals surface area contributed by atoms with Crippen LogP contribution in [0, 0.1) is 0 Å². The number of para-hydroxylation sites is 1. The van der Waals surface area contributed by atoms with Crippen LogP contribution in [0.3, 0.4) is 0 Å². The number of rotatable bonds is 6. The smallest absolute Gasteiger partial charge is 0.247 e. The van der Waals surface area contributed by atoms with E-state index in [0.717, 1.165) is 16.4 Å². The first-order valence-corrected chi connectivity index (χ1v) is 10.2. The van der Waals surface area contributed by atoms with Crippen LogP contribution >= 0.6 is 11.8 Å². The molecule has 0 unspecified atom stereocenters. The highest BCUT2D eigenvalue weighted by atomic mass is 32.2. The molecular formula is C22H22N4OS. The Morgan fingerprint density at radius 3 is 2.46 bits per heavy atom. The lowest BCUT2D eigenvalue weighted by atomic mass is 10.0. The quantitative estimate of drug-likeness (QED) is 0.384. The highest BCUT2D eigenvalue weighted by molar-refractivity contribution is 7.99. The van der Waals surface area contributed by atoms with Gasteiger partial charge in [-0.25, -0.2) is 4.98 Å². The third-order valence-corrected chi connectivity index (χ3v) is 5.58. The second kappa shape index (κ2) is 8.02. The minimum absolute atomic E-state index is 0.0164. The van der Waals surface area contributed by atoms with Gasteiger partial charge < -0.3 is 4.42 Å². The topological polar surface area (TPSA) is 56.7 Å². The van der Waals surface area contributed by atoms with Crippen LogP contribution in [-0.4, -0.2) is 19.7 Å². The van der Waals surface area contributed by atoms with E-state index in [0.29, 0.717) is 17.7 Å². The molecule has 0 aliphatic heterocycles. The summed E-state index contributed by atoms with van der Waals surface area (Å²) in [4.78, 5) is 4.56. The molecule has 2 heterocycles. The van der Waals surface area contributed by atoms with Crippen molar-refractivity contribution in [2.24, 2.45) is 0 Å². The summed E-state index contributed by atoms with van der Waals surface area (Å²) in [6, 6.07) is 18.2. The van der Waals surface area contributed by atoms with Crippen LogP contribution in [-0.2, 0) is 0 Å². The molecule has 2 aromatic carbocycles. The summed E-state index contributed by atoms with van der Waals surface area (Å²) >= 11 is 1.61. The highest BCUT2D eigenvalue weighted by Crippen LogP contribution is 2.36. The van der Waals surface area contributed by atoms with Gasteiger partial charge in [-0.05, 0) is 36.6 Å². The molecule has 6 heteroatoms. The lowest BCUT2D eigenvalue weighted by molar-refractivity contribution is 0.509. The number of hydrogen-bond donors (Lipinski definition) is 0. The summed E-state index contributed by atoms with van der Waals surface area (Å²) in [5, 5.41) is 9.33. The fourth-order valence-electron chi connectivity index (χ4n) is 3.06. The standard InChI is InChI=1S/C22H22N4OS/c1-15(2)18-11-7-8-12-19(18)26-14-13-23-22(26)28-16(3)20-24-25-21(27-20)17-9-5-4-6-10-17/h4-16H,1-3H3/t16-/m1/s1. The zero-order valence-corrected chi connectivity index (χ0v) is 16.9. The molecule has 0 N–H and O–H groups in total. The third kappa shape index (κ3) is 3.73. The normalized spacial score (nSPS) is 12.4. The highest BCUT2D eigenvalue weighted by Gasteiger charge is 2.20. The van der Waals surface area contributed by atoms with Crippen LogP contribution in [0.4, 0.5) is 0 Å². The van der Waals surface area contributed by atoms with Crippen LogP contribution in [0.2, 0.25) is 0 Å². The minimum atomic E-state index is -0.0164. The van der Waals surface area contributed by atoms with Crippen molar-refractivity contribution < 1.29 is 4.42 Å². The Morgan fingerprint density at radius 1 is 0.929 bits per heavy atom. The first-order chi connectivity index (χ1) is 13.6. The van der Waals surface area contributed by atoms with Gasteiger partial charge in [0.2, 0.25) is 11.8 Å². The van der Waals surface area contributed by atoms with Gasteiger partial charge in [-0.3, -0.25) is 4.57 Å². The first-order valence-electron chi connectivity index (χ1n) is 9.31. The number of imidazole rings is 1. The van der Waals surface area contributed by atoms with Gasteiger partial charge in [-0.1, -0.05) is 62.0 Å². The zero-order chi connectivity index (χ0) is 19.5. The molecule has 0 bridgehead atoms. The molecule has 28 heavy (non-hydrogen) atoms. The molecule has 4 rings (SSSR count).